The maximum atomic E-state index is 14.3. The number of nitrogens with one attached hydrogen (secondary N) is 1. The molecule has 1 unspecified atom stereocenters. The number of thioether (sulfide) groups is 1. The summed E-state index contributed by atoms with van der Waals surface area (Å²) in [7, 11) is 1.55. The Balaban J connectivity index is 1.96. The highest BCUT2D eigenvalue weighted by molar-refractivity contribution is 8.00. The average molecular weight is 545 g/mol. The number of aromatic nitrogens is 2. The van der Waals surface area contributed by atoms with Crippen molar-refractivity contribution in [3.05, 3.63) is 76.2 Å². The lowest BCUT2D eigenvalue weighted by atomic mass is 9.87. The van der Waals surface area contributed by atoms with Gasteiger partial charge < -0.3 is 10.1 Å². The molecule has 1 aromatic heterocycles. The van der Waals surface area contributed by atoms with E-state index in [0.717, 1.165) is 16.8 Å². The van der Waals surface area contributed by atoms with Crippen LogP contribution >= 0.6 is 23.4 Å². The molecular formula is C27H30ClFN4O3S. The summed E-state index contributed by atoms with van der Waals surface area (Å²) in [6.45, 7) is 6.61. The topological polar surface area (TPSA) is 76.5 Å². The van der Waals surface area contributed by atoms with Gasteiger partial charge in [0.2, 0.25) is 11.8 Å². The van der Waals surface area contributed by atoms with E-state index in [9.17, 15) is 14.0 Å². The maximum absolute atomic E-state index is 14.3. The second-order valence-corrected chi connectivity index (χ2v) is 11.3. The monoisotopic (exact) mass is 544 g/mol. The molecule has 3 aromatic rings. The van der Waals surface area contributed by atoms with Gasteiger partial charge in [0.05, 0.1) is 29.0 Å². The first kappa shape index (κ1) is 27.2. The highest BCUT2D eigenvalue weighted by atomic mass is 35.5. The Kier molecular flexibility index (Phi) is 8.26. The first-order valence-corrected chi connectivity index (χ1v) is 13.3. The van der Waals surface area contributed by atoms with Gasteiger partial charge in [-0.1, -0.05) is 50.6 Å². The molecule has 0 bridgehead atoms. The lowest BCUT2D eigenvalue weighted by Crippen LogP contribution is -2.43. The van der Waals surface area contributed by atoms with Crippen LogP contribution < -0.4 is 10.2 Å². The second-order valence-electron chi connectivity index (χ2n) is 9.80. The molecule has 2 aromatic carbocycles. The SMILES string of the molecule is COCCNC(=O)CN1C(=O)CSC(c2cccc(F)c2)c2c(C(C)(C)C)nn(-c3cccc(Cl)c3)c21. The fourth-order valence-electron chi connectivity index (χ4n) is 4.29. The fraction of sp³-hybridized carbons (Fsp3) is 0.370. The lowest BCUT2D eigenvalue weighted by Gasteiger charge is -2.24. The van der Waals surface area contributed by atoms with E-state index in [-0.39, 0.29) is 35.2 Å². The van der Waals surface area contributed by atoms with Crippen molar-refractivity contribution in [1.29, 1.82) is 0 Å². The Morgan fingerprint density at radius 3 is 2.68 bits per heavy atom. The third-order valence-corrected chi connectivity index (χ3v) is 7.42. The summed E-state index contributed by atoms with van der Waals surface area (Å²) in [6.07, 6.45) is 0. The molecule has 1 aliphatic heterocycles. The van der Waals surface area contributed by atoms with Crippen LogP contribution in [0.25, 0.3) is 5.69 Å². The van der Waals surface area contributed by atoms with Crippen molar-refractivity contribution < 1.29 is 18.7 Å². The minimum absolute atomic E-state index is 0.111. The van der Waals surface area contributed by atoms with Gasteiger partial charge in [-0.25, -0.2) is 9.07 Å². The van der Waals surface area contributed by atoms with Gasteiger partial charge in [0.25, 0.3) is 0 Å². The van der Waals surface area contributed by atoms with Crippen molar-refractivity contribution in [2.75, 3.05) is 37.5 Å². The van der Waals surface area contributed by atoms with Crippen LogP contribution in [-0.4, -0.2) is 54.2 Å². The van der Waals surface area contributed by atoms with Gasteiger partial charge in [0.1, 0.15) is 18.2 Å². The number of halogens is 2. The van der Waals surface area contributed by atoms with E-state index in [0.29, 0.717) is 29.7 Å². The lowest BCUT2D eigenvalue weighted by molar-refractivity contribution is -0.123. The molecule has 0 fully saturated rings. The Hall–Kier alpha value is -2.88. The summed E-state index contributed by atoms with van der Waals surface area (Å²) in [6, 6.07) is 13.6. The minimum atomic E-state index is -0.417. The number of carbonyl (C=O) groups excluding carboxylic acids is 2. The molecule has 196 valence electrons. The van der Waals surface area contributed by atoms with E-state index >= 15 is 0 Å². The van der Waals surface area contributed by atoms with E-state index < -0.39 is 5.41 Å². The number of nitrogens with zero attached hydrogens (tertiary/aromatic N) is 3. The van der Waals surface area contributed by atoms with Gasteiger partial charge in [-0.3, -0.25) is 14.5 Å². The zero-order chi connectivity index (χ0) is 26.7. The van der Waals surface area contributed by atoms with Gasteiger partial charge in [-0.05, 0) is 35.9 Å². The van der Waals surface area contributed by atoms with E-state index in [1.807, 2.05) is 39.0 Å². The predicted octanol–water partition coefficient (Wildman–Crippen LogP) is 4.89. The molecule has 0 radical (unpaired) electrons. The molecule has 2 heterocycles. The number of rotatable bonds is 7. The van der Waals surface area contributed by atoms with E-state index in [1.54, 1.807) is 30.0 Å². The van der Waals surface area contributed by atoms with Crippen LogP contribution in [0.4, 0.5) is 10.2 Å². The smallest absolute Gasteiger partial charge is 0.240 e. The number of amides is 2. The van der Waals surface area contributed by atoms with Crippen LogP contribution in [0.3, 0.4) is 0 Å². The van der Waals surface area contributed by atoms with E-state index in [1.165, 1.54) is 28.8 Å². The number of hydrogen-bond acceptors (Lipinski definition) is 5. The number of benzene rings is 2. The Bertz CT molecular complexity index is 1310. The van der Waals surface area contributed by atoms with Crippen molar-refractivity contribution in [2.24, 2.45) is 0 Å². The summed E-state index contributed by atoms with van der Waals surface area (Å²) >= 11 is 7.73. The fourth-order valence-corrected chi connectivity index (χ4v) is 5.66. The molecular weight excluding hydrogens is 515 g/mol. The molecule has 1 aliphatic rings. The summed E-state index contributed by atoms with van der Waals surface area (Å²) in [5.74, 6) is -0.319. The van der Waals surface area contributed by atoms with Gasteiger partial charge in [0, 0.05) is 29.7 Å². The molecule has 0 saturated heterocycles. The number of ether oxygens (including phenoxy) is 1. The van der Waals surface area contributed by atoms with E-state index in [4.69, 9.17) is 21.4 Å². The predicted molar refractivity (Wildman–Crippen MR) is 145 cm³/mol. The largest absolute Gasteiger partial charge is 0.383 e. The van der Waals surface area contributed by atoms with Crippen LogP contribution in [0.15, 0.2) is 48.5 Å². The molecule has 0 saturated carbocycles. The molecule has 2 amide bonds. The third-order valence-electron chi connectivity index (χ3n) is 5.93. The molecule has 10 heteroatoms. The van der Waals surface area contributed by atoms with Crippen molar-refractivity contribution >= 4 is 41.0 Å². The van der Waals surface area contributed by atoms with Crippen LogP contribution in [0.2, 0.25) is 5.02 Å². The van der Waals surface area contributed by atoms with Crippen LogP contribution in [0, 0.1) is 5.82 Å². The van der Waals surface area contributed by atoms with E-state index in [2.05, 4.69) is 5.32 Å². The zero-order valence-corrected chi connectivity index (χ0v) is 22.8. The molecule has 37 heavy (non-hydrogen) atoms. The third kappa shape index (κ3) is 6.00. The first-order valence-electron chi connectivity index (χ1n) is 11.9. The summed E-state index contributed by atoms with van der Waals surface area (Å²) in [5.41, 5.74) is 2.49. The first-order chi connectivity index (χ1) is 17.6. The molecule has 1 atom stereocenters. The van der Waals surface area contributed by atoms with Crippen LogP contribution in [-0.2, 0) is 19.7 Å². The quantitative estimate of drug-likeness (QED) is 0.428. The zero-order valence-electron chi connectivity index (χ0n) is 21.3. The number of carbonyl (C=O) groups is 2. The van der Waals surface area contributed by atoms with Gasteiger partial charge in [-0.2, -0.15) is 5.10 Å². The van der Waals surface area contributed by atoms with Crippen molar-refractivity contribution in [3.63, 3.8) is 0 Å². The highest BCUT2D eigenvalue weighted by Crippen LogP contribution is 2.48. The highest BCUT2D eigenvalue weighted by Gasteiger charge is 2.40. The Morgan fingerprint density at radius 2 is 2.00 bits per heavy atom. The molecule has 0 spiro atoms. The number of fused-ring (bicyclic) bond motifs is 1. The molecule has 7 nitrogen and oxygen atoms in total. The van der Waals surface area contributed by atoms with Gasteiger partial charge in [0.15, 0.2) is 0 Å². The summed E-state index contributed by atoms with van der Waals surface area (Å²) in [5, 5.41) is 7.92. The summed E-state index contributed by atoms with van der Waals surface area (Å²) in [4.78, 5) is 27.9. The van der Waals surface area contributed by atoms with Crippen LogP contribution in [0.5, 0.6) is 0 Å². The van der Waals surface area contributed by atoms with Crippen LogP contribution in [0.1, 0.15) is 42.8 Å². The standard InChI is InChI=1S/C27H30ClFN4O3S/c1-27(2,3)25-23-24(17-7-5-9-19(29)13-17)37-16-22(35)32(15-21(34)30-11-12-36-4)26(23)33(31-25)20-10-6-8-18(28)14-20/h5-10,13-14,24H,11-12,15-16H2,1-4H3,(H,30,34). The van der Waals surface area contributed by atoms with Crippen molar-refractivity contribution in [1.82, 2.24) is 15.1 Å². The van der Waals surface area contributed by atoms with Crippen molar-refractivity contribution in [2.45, 2.75) is 31.4 Å². The van der Waals surface area contributed by atoms with Gasteiger partial charge >= 0.3 is 0 Å². The minimum Gasteiger partial charge on any atom is -0.383 e. The number of methoxy groups -OCH3 is 1. The molecule has 1 N–H and O–H groups in total. The second kappa shape index (κ2) is 11.2. The summed E-state index contributed by atoms with van der Waals surface area (Å²) < 4.78 is 21.0. The number of hydrogen-bond donors (Lipinski definition) is 1. The maximum Gasteiger partial charge on any atom is 0.240 e. The van der Waals surface area contributed by atoms with Gasteiger partial charge in [-0.15, -0.1) is 11.8 Å². The number of anilines is 1. The molecule has 4 rings (SSSR count). The van der Waals surface area contributed by atoms with Crippen molar-refractivity contribution in [3.8, 4) is 5.69 Å². The molecule has 0 aliphatic carbocycles. The average Bonchev–Trinajstić information content (AvgIpc) is 3.17. The Labute approximate surface area is 225 Å². The normalized spacial score (nSPS) is 15.9. The Morgan fingerprint density at radius 1 is 1.24 bits per heavy atom.